The van der Waals surface area contributed by atoms with Gasteiger partial charge < -0.3 is 16.2 Å². The van der Waals surface area contributed by atoms with Crippen LogP contribution >= 0.6 is 0 Å². The molecule has 0 heterocycles. The highest BCUT2D eigenvalue weighted by Crippen LogP contribution is 2.31. The maximum absolute atomic E-state index is 11.1. The number of carboxylic acids is 1. The van der Waals surface area contributed by atoms with Crippen LogP contribution < -0.4 is 11.1 Å². The van der Waals surface area contributed by atoms with Crippen molar-refractivity contribution >= 4 is 17.3 Å². The highest BCUT2D eigenvalue weighted by molar-refractivity contribution is 5.97. The first kappa shape index (κ1) is 14.7. The highest BCUT2D eigenvalue weighted by Gasteiger charge is 2.23. The number of carbonyl (C=O) groups is 1. The average molecular weight is 276 g/mol. The van der Waals surface area contributed by atoms with Crippen LogP contribution in [0.15, 0.2) is 18.2 Å². The second-order valence-corrected chi connectivity index (χ2v) is 5.63. The van der Waals surface area contributed by atoms with E-state index in [0.717, 1.165) is 12.1 Å². The molecule has 1 atom stereocenters. The van der Waals surface area contributed by atoms with Crippen LogP contribution in [-0.2, 0) is 0 Å². The number of nitrogens with one attached hydrogen (secondary N) is 1. The summed E-state index contributed by atoms with van der Waals surface area (Å²) in [5.41, 5.74) is 7.24. The van der Waals surface area contributed by atoms with Crippen molar-refractivity contribution < 1.29 is 9.90 Å². The molecule has 110 valence electrons. The van der Waals surface area contributed by atoms with E-state index in [1.54, 1.807) is 12.1 Å². The number of aromatic carboxylic acids is 1. The van der Waals surface area contributed by atoms with Gasteiger partial charge >= 0.3 is 5.97 Å². The minimum atomic E-state index is -0.975. The molecule has 0 spiro atoms. The zero-order valence-electron chi connectivity index (χ0n) is 12.1. The first-order valence-corrected chi connectivity index (χ1v) is 7.51. The van der Waals surface area contributed by atoms with Crippen LogP contribution in [0.3, 0.4) is 0 Å². The van der Waals surface area contributed by atoms with Gasteiger partial charge in [0.05, 0.1) is 16.9 Å². The van der Waals surface area contributed by atoms with Gasteiger partial charge in [-0.05, 0) is 37.3 Å². The fourth-order valence-corrected chi connectivity index (χ4v) is 3.17. The number of anilines is 2. The molecular weight excluding hydrogens is 252 g/mol. The number of carboxylic acid groups (broad SMARTS) is 1. The minimum Gasteiger partial charge on any atom is -0.478 e. The van der Waals surface area contributed by atoms with Gasteiger partial charge in [-0.3, -0.25) is 0 Å². The molecule has 4 heteroatoms. The number of nitrogens with two attached hydrogens (primary N) is 1. The summed E-state index contributed by atoms with van der Waals surface area (Å²) < 4.78 is 0. The quantitative estimate of drug-likeness (QED) is 0.716. The molecule has 0 saturated heterocycles. The molecule has 1 aromatic carbocycles. The first-order valence-electron chi connectivity index (χ1n) is 7.51. The van der Waals surface area contributed by atoms with Crippen molar-refractivity contribution in [2.45, 2.75) is 51.5 Å². The second-order valence-electron chi connectivity index (χ2n) is 5.63. The van der Waals surface area contributed by atoms with Gasteiger partial charge in [0.25, 0.3) is 0 Å². The van der Waals surface area contributed by atoms with Crippen molar-refractivity contribution in [2.75, 3.05) is 11.1 Å². The van der Waals surface area contributed by atoms with E-state index in [1.807, 2.05) is 6.07 Å². The molecule has 4 N–H and O–H groups in total. The van der Waals surface area contributed by atoms with Crippen molar-refractivity contribution in [3.8, 4) is 0 Å². The van der Waals surface area contributed by atoms with Crippen molar-refractivity contribution in [1.29, 1.82) is 0 Å². The zero-order chi connectivity index (χ0) is 14.5. The molecule has 0 amide bonds. The second kappa shape index (κ2) is 6.64. The molecular formula is C16H24N2O2. The Morgan fingerprint density at radius 2 is 2.10 bits per heavy atom. The molecule has 1 aliphatic rings. The van der Waals surface area contributed by atoms with E-state index in [9.17, 15) is 4.79 Å². The summed E-state index contributed by atoms with van der Waals surface area (Å²) in [5, 5.41) is 12.6. The summed E-state index contributed by atoms with van der Waals surface area (Å²) in [6, 6.07) is 5.54. The van der Waals surface area contributed by atoms with E-state index in [-0.39, 0.29) is 5.56 Å². The fraction of sp³-hybridized carbons (Fsp3) is 0.562. The fourth-order valence-electron chi connectivity index (χ4n) is 3.17. The largest absolute Gasteiger partial charge is 0.478 e. The summed E-state index contributed by atoms with van der Waals surface area (Å²) in [4.78, 5) is 11.1. The lowest BCUT2D eigenvalue weighted by atomic mass is 9.83. The predicted octanol–water partition coefficient (Wildman–Crippen LogP) is 3.74. The van der Waals surface area contributed by atoms with Crippen LogP contribution in [0, 0.1) is 5.92 Å². The summed E-state index contributed by atoms with van der Waals surface area (Å²) in [6.45, 7) is 2.17. The Morgan fingerprint density at radius 3 is 2.70 bits per heavy atom. The topological polar surface area (TPSA) is 75.3 Å². The Hall–Kier alpha value is -1.71. The van der Waals surface area contributed by atoms with Gasteiger partial charge in [-0.2, -0.15) is 0 Å². The first-order chi connectivity index (χ1) is 9.63. The predicted molar refractivity (Wildman–Crippen MR) is 82.1 cm³/mol. The van der Waals surface area contributed by atoms with E-state index < -0.39 is 5.97 Å². The van der Waals surface area contributed by atoms with E-state index in [2.05, 4.69) is 12.2 Å². The van der Waals surface area contributed by atoms with Gasteiger partial charge in [-0.15, -0.1) is 0 Å². The van der Waals surface area contributed by atoms with Crippen molar-refractivity contribution in [3.05, 3.63) is 23.8 Å². The Balaban J connectivity index is 2.14. The molecule has 0 aliphatic heterocycles. The van der Waals surface area contributed by atoms with Crippen molar-refractivity contribution in [2.24, 2.45) is 5.92 Å². The van der Waals surface area contributed by atoms with Gasteiger partial charge in [0.15, 0.2) is 0 Å². The van der Waals surface area contributed by atoms with Crippen LogP contribution in [0.25, 0.3) is 0 Å². The minimum absolute atomic E-state index is 0.175. The Morgan fingerprint density at radius 1 is 1.40 bits per heavy atom. The van der Waals surface area contributed by atoms with Gasteiger partial charge in [-0.25, -0.2) is 4.79 Å². The van der Waals surface area contributed by atoms with Crippen molar-refractivity contribution in [3.63, 3.8) is 0 Å². The molecule has 2 rings (SSSR count). The number of para-hydroxylation sites is 1. The summed E-state index contributed by atoms with van der Waals surface area (Å²) in [6.07, 6.45) is 7.47. The maximum Gasteiger partial charge on any atom is 0.337 e. The smallest absolute Gasteiger partial charge is 0.337 e. The van der Waals surface area contributed by atoms with Gasteiger partial charge in [0.1, 0.15) is 0 Å². The molecule has 0 bridgehead atoms. The van der Waals surface area contributed by atoms with Gasteiger partial charge in [0.2, 0.25) is 0 Å². The molecule has 1 aromatic rings. The lowest BCUT2D eigenvalue weighted by molar-refractivity contribution is 0.0698. The Labute approximate surface area is 120 Å². The van der Waals surface area contributed by atoms with Crippen LogP contribution in [0.2, 0.25) is 0 Å². The van der Waals surface area contributed by atoms with Crippen LogP contribution in [0.1, 0.15) is 55.8 Å². The number of hydrogen-bond donors (Lipinski definition) is 3. The molecule has 0 radical (unpaired) electrons. The van der Waals surface area contributed by atoms with E-state index in [0.29, 0.717) is 17.6 Å². The Bertz CT molecular complexity index is 468. The number of rotatable bonds is 5. The van der Waals surface area contributed by atoms with Crippen LogP contribution in [0.5, 0.6) is 0 Å². The third-order valence-electron chi connectivity index (χ3n) is 4.34. The number of benzene rings is 1. The normalized spacial score (nSPS) is 17.6. The average Bonchev–Trinajstić information content (AvgIpc) is 2.47. The standard InChI is InChI=1S/C16H24N2O2/c1-2-13(11-7-4-3-5-8-11)18-14-10-6-9-12(15(14)17)16(19)20/h6,9-11,13,18H,2-5,7-8,17H2,1H3,(H,19,20). The summed E-state index contributed by atoms with van der Waals surface area (Å²) in [5.74, 6) is -0.307. The van der Waals surface area contributed by atoms with E-state index in [4.69, 9.17) is 10.8 Å². The SMILES string of the molecule is CCC(Nc1cccc(C(=O)O)c1N)C1CCCCC1. The molecule has 1 saturated carbocycles. The molecule has 4 nitrogen and oxygen atoms in total. The van der Waals surface area contributed by atoms with Crippen LogP contribution in [0.4, 0.5) is 11.4 Å². The molecule has 1 fully saturated rings. The third-order valence-corrected chi connectivity index (χ3v) is 4.34. The number of nitrogen functional groups attached to an aromatic ring is 1. The number of hydrogen-bond acceptors (Lipinski definition) is 3. The van der Waals surface area contributed by atoms with Gasteiger partial charge in [-0.1, -0.05) is 32.3 Å². The third kappa shape index (κ3) is 3.24. The Kier molecular flexibility index (Phi) is 4.88. The highest BCUT2D eigenvalue weighted by atomic mass is 16.4. The van der Waals surface area contributed by atoms with E-state index >= 15 is 0 Å². The van der Waals surface area contributed by atoms with Crippen molar-refractivity contribution in [1.82, 2.24) is 0 Å². The van der Waals surface area contributed by atoms with Crippen LogP contribution in [-0.4, -0.2) is 17.1 Å². The molecule has 20 heavy (non-hydrogen) atoms. The van der Waals surface area contributed by atoms with E-state index in [1.165, 1.54) is 32.1 Å². The zero-order valence-corrected chi connectivity index (χ0v) is 12.1. The maximum atomic E-state index is 11.1. The molecule has 1 unspecified atom stereocenters. The monoisotopic (exact) mass is 276 g/mol. The summed E-state index contributed by atoms with van der Waals surface area (Å²) >= 11 is 0. The molecule has 0 aromatic heterocycles. The summed E-state index contributed by atoms with van der Waals surface area (Å²) in [7, 11) is 0. The lowest BCUT2D eigenvalue weighted by Crippen LogP contribution is -2.30. The molecule has 1 aliphatic carbocycles. The lowest BCUT2D eigenvalue weighted by Gasteiger charge is -2.31. The van der Waals surface area contributed by atoms with Gasteiger partial charge in [0, 0.05) is 6.04 Å².